The lowest BCUT2D eigenvalue weighted by Crippen LogP contribution is -2.66. The van der Waals surface area contributed by atoms with Crippen LogP contribution in [0.5, 0.6) is 0 Å². The van der Waals surface area contributed by atoms with Crippen LogP contribution in [0.4, 0.5) is 0 Å². The van der Waals surface area contributed by atoms with Gasteiger partial charge in [-0.2, -0.15) is 0 Å². The predicted molar refractivity (Wildman–Crippen MR) is 351 cm³/mol. The Balaban J connectivity index is 1.44. The first-order valence-corrected chi connectivity index (χ1v) is 35.2. The van der Waals surface area contributed by atoms with E-state index < -0.39 is 124 Å². The van der Waals surface area contributed by atoms with Gasteiger partial charge in [0.05, 0.1) is 38.6 Å². The van der Waals surface area contributed by atoms with Crippen LogP contribution in [0.3, 0.4) is 0 Å². The number of carbonyl (C=O) groups is 1. The second-order valence-corrected chi connectivity index (χ2v) is 25.0. The standard InChI is InChI=1S/C71H125NO18/c1-3-5-7-9-11-13-15-17-19-21-23-24-25-26-27-28-29-30-31-33-35-37-39-41-43-45-47-49-59(77)72-54(55(76)48-46-44-42-40-38-36-34-32-22-20-18-16-14-12-10-8-6-4-2)53-85-69-65(83)62(80)67(57(51-74)87-69)90-71-66(84)63(81)68(58(52-75)88-71)89-70-64(82)61(79)60(78)56(50-73)86-70/h15,17,21-23,25-26,32,38,40,46,48,54-58,60-71,73-76,78-84H,3-14,16,18-20,24,27-31,33-37,39,41-45,47,49-53H2,1-2H3,(H,72,77)/b17-15-,23-21-,26-25-,32-22+,40-38+,48-46+. The van der Waals surface area contributed by atoms with Gasteiger partial charge in [-0.15, -0.1) is 0 Å². The van der Waals surface area contributed by atoms with Crippen molar-refractivity contribution >= 4 is 5.91 Å². The van der Waals surface area contributed by atoms with Crippen molar-refractivity contribution in [2.45, 2.75) is 343 Å². The van der Waals surface area contributed by atoms with Crippen LogP contribution in [-0.4, -0.2) is 193 Å². The number of carbonyl (C=O) groups excluding carboxylic acids is 1. The third-order valence-electron chi connectivity index (χ3n) is 17.2. The number of hydrogen-bond donors (Lipinski definition) is 12. The molecule has 19 nitrogen and oxygen atoms in total. The van der Waals surface area contributed by atoms with Gasteiger partial charge in [0.15, 0.2) is 18.9 Å². The minimum atomic E-state index is -1.99. The smallest absolute Gasteiger partial charge is 0.220 e. The Labute approximate surface area is 540 Å². The largest absolute Gasteiger partial charge is 0.394 e. The van der Waals surface area contributed by atoms with Crippen molar-refractivity contribution in [1.29, 1.82) is 0 Å². The van der Waals surface area contributed by atoms with Crippen molar-refractivity contribution in [2.24, 2.45) is 0 Å². The molecule has 3 aliphatic rings. The Morgan fingerprint density at radius 2 is 0.744 bits per heavy atom. The summed E-state index contributed by atoms with van der Waals surface area (Å²) in [5, 5.41) is 120. The average molecular weight is 1280 g/mol. The van der Waals surface area contributed by atoms with Crippen LogP contribution in [-0.2, 0) is 33.2 Å². The Morgan fingerprint density at radius 3 is 1.19 bits per heavy atom. The van der Waals surface area contributed by atoms with Crippen LogP contribution in [0.15, 0.2) is 72.9 Å². The number of ether oxygens (including phenoxy) is 6. The average Bonchev–Trinajstić information content (AvgIpc) is 0.866. The molecule has 0 aliphatic carbocycles. The van der Waals surface area contributed by atoms with Gasteiger partial charge in [-0.1, -0.05) is 222 Å². The fourth-order valence-electron chi connectivity index (χ4n) is 11.5. The summed E-state index contributed by atoms with van der Waals surface area (Å²) in [7, 11) is 0. The van der Waals surface area contributed by atoms with E-state index in [1.807, 2.05) is 6.08 Å². The van der Waals surface area contributed by atoms with Crippen LogP contribution in [0.2, 0.25) is 0 Å². The molecule has 19 heteroatoms. The lowest BCUT2D eigenvalue weighted by molar-refractivity contribution is -0.379. The van der Waals surface area contributed by atoms with Crippen LogP contribution in [0.25, 0.3) is 0 Å². The molecule has 3 rings (SSSR count). The zero-order valence-electron chi connectivity index (χ0n) is 55.1. The molecule has 17 atom stereocenters. The minimum Gasteiger partial charge on any atom is -0.394 e. The molecule has 90 heavy (non-hydrogen) atoms. The first-order chi connectivity index (χ1) is 43.8. The molecule has 522 valence electrons. The number of nitrogens with one attached hydrogen (secondary N) is 1. The molecular weight excluding hydrogens is 1150 g/mol. The van der Waals surface area contributed by atoms with Gasteiger partial charge in [-0.25, -0.2) is 0 Å². The molecule has 0 saturated carbocycles. The molecule has 3 fully saturated rings. The van der Waals surface area contributed by atoms with Crippen LogP contribution in [0.1, 0.15) is 239 Å². The summed E-state index contributed by atoms with van der Waals surface area (Å²) in [6, 6.07) is -1.00. The first-order valence-electron chi connectivity index (χ1n) is 35.2. The van der Waals surface area contributed by atoms with Gasteiger partial charge in [0.1, 0.15) is 73.2 Å². The highest BCUT2D eigenvalue weighted by atomic mass is 16.8. The van der Waals surface area contributed by atoms with E-state index in [0.29, 0.717) is 12.8 Å². The topological polar surface area (TPSA) is 307 Å². The quantitative estimate of drug-likeness (QED) is 0.0199. The Morgan fingerprint density at radius 1 is 0.400 bits per heavy atom. The van der Waals surface area contributed by atoms with Gasteiger partial charge in [-0.05, 0) is 83.5 Å². The number of unbranched alkanes of at least 4 members (excludes halogenated alkanes) is 27. The highest BCUT2D eigenvalue weighted by Gasteiger charge is 2.53. The fraction of sp³-hybridized carbons (Fsp3) is 0.817. The third-order valence-corrected chi connectivity index (χ3v) is 17.2. The van der Waals surface area contributed by atoms with E-state index >= 15 is 0 Å². The molecule has 3 saturated heterocycles. The number of amides is 1. The predicted octanol–water partition coefficient (Wildman–Crippen LogP) is 9.33. The van der Waals surface area contributed by atoms with E-state index in [1.165, 1.54) is 135 Å². The van der Waals surface area contributed by atoms with Crippen molar-refractivity contribution in [3.8, 4) is 0 Å². The molecular formula is C71H125NO18. The summed E-state index contributed by atoms with van der Waals surface area (Å²) < 4.78 is 34.3. The molecule has 12 N–H and O–H groups in total. The Bertz CT molecular complexity index is 1920. The lowest BCUT2D eigenvalue weighted by Gasteiger charge is -2.48. The summed E-state index contributed by atoms with van der Waals surface area (Å²) in [5.74, 6) is -0.293. The number of aliphatic hydroxyl groups is 11. The van der Waals surface area contributed by atoms with E-state index in [4.69, 9.17) is 28.4 Å². The molecule has 0 spiro atoms. The van der Waals surface area contributed by atoms with Gasteiger partial charge in [0.2, 0.25) is 5.91 Å². The first kappa shape index (κ1) is 81.5. The highest BCUT2D eigenvalue weighted by Crippen LogP contribution is 2.33. The van der Waals surface area contributed by atoms with Crippen molar-refractivity contribution in [2.75, 3.05) is 26.4 Å². The van der Waals surface area contributed by atoms with Crippen molar-refractivity contribution < 1.29 is 89.4 Å². The number of rotatable bonds is 53. The molecule has 3 aliphatic heterocycles. The van der Waals surface area contributed by atoms with Gasteiger partial charge >= 0.3 is 0 Å². The molecule has 0 aromatic heterocycles. The van der Waals surface area contributed by atoms with Crippen LogP contribution in [0, 0.1) is 0 Å². The molecule has 0 aromatic rings. The number of allylic oxidation sites excluding steroid dienone is 11. The second-order valence-electron chi connectivity index (χ2n) is 25.0. The van der Waals surface area contributed by atoms with Crippen LogP contribution < -0.4 is 5.32 Å². The summed E-state index contributed by atoms with van der Waals surface area (Å²) in [6.07, 6.45) is 38.7. The van der Waals surface area contributed by atoms with E-state index in [1.54, 1.807) is 6.08 Å². The van der Waals surface area contributed by atoms with Crippen molar-refractivity contribution in [3.63, 3.8) is 0 Å². The maximum Gasteiger partial charge on any atom is 0.220 e. The Kier molecular flexibility index (Phi) is 47.5. The van der Waals surface area contributed by atoms with Crippen LogP contribution >= 0.6 is 0 Å². The molecule has 3 heterocycles. The summed E-state index contributed by atoms with van der Waals surface area (Å²) in [4.78, 5) is 13.4. The summed E-state index contributed by atoms with van der Waals surface area (Å²) in [6.45, 7) is 1.69. The minimum absolute atomic E-state index is 0.227. The van der Waals surface area contributed by atoms with E-state index in [2.05, 4.69) is 79.9 Å². The lowest BCUT2D eigenvalue weighted by atomic mass is 9.96. The SMILES string of the molecule is CCCCCCC/C=C\C/C=C\C/C=C\CCCCCCCCCCCCCCC(=O)NC(COC1OC(CO)C(OC2OC(CO)C(OC3OC(CO)C(O)C(O)C3O)C(O)C2O)C(O)C1O)C(O)/C=C/CC/C=C/CC/C=C/CCCCCCCCCC. The third kappa shape index (κ3) is 34.1. The molecule has 17 unspecified atom stereocenters. The van der Waals surface area contributed by atoms with Gasteiger partial charge in [0.25, 0.3) is 0 Å². The van der Waals surface area contributed by atoms with Crippen molar-refractivity contribution in [1.82, 2.24) is 5.32 Å². The maximum absolute atomic E-state index is 13.4. The van der Waals surface area contributed by atoms with Gasteiger partial charge < -0.3 is 89.9 Å². The second kappa shape index (κ2) is 52.5. The number of hydrogen-bond acceptors (Lipinski definition) is 18. The highest BCUT2D eigenvalue weighted by molar-refractivity contribution is 5.76. The summed E-state index contributed by atoms with van der Waals surface area (Å²) >= 11 is 0. The number of aliphatic hydroxyl groups excluding tert-OH is 11. The summed E-state index contributed by atoms with van der Waals surface area (Å²) in [5.41, 5.74) is 0. The van der Waals surface area contributed by atoms with E-state index in [9.17, 15) is 61.0 Å². The maximum atomic E-state index is 13.4. The van der Waals surface area contributed by atoms with E-state index in [0.717, 1.165) is 70.6 Å². The monoisotopic (exact) mass is 1280 g/mol. The Hall–Kier alpha value is -2.77. The molecule has 0 radical (unpaired) electrons. The molecule has 1 amide bonds. The fourth-order valence-corrected chi connectivity index (χ4v) is 11.5. The van der Waals surface area contributed by atoms with Crippen molar-refractivity contribution in [3.05, 3.63) is 72.9 Å². The zero-order chi connectivity index (χ0) is 65.4. The van der Waals surface area contributed by atoms with Gasteiger partial charge in [0, 0.05) is 6.42 Å². The molecule has 0 aromatic carbocycles. The zero-order valence-corrected chi connectivity index (χ0v) is 55.1. The molecule has 0 bridgehead atoms. The van der Waals surface area contributed by atoms with E-state index in [-0.39, 0.29) is 18.9 Å². The van der Waals surface area contributed by atoms with Gasteiger partial charge in [-0.3, -0.25) is 4.79 Å². The normalized spacial score (nSPS) is 28.5.